The van der Waals surface area contributed by atoms with E-state index in [1.54, 1.807) is 24.4 Å². The number of nitrogens with one attached hydrogen (secondary N) is 2. The summed E-state index contributed by atoms with van der Waals surface area (Å²) >= 11 is 0. The Morgan fingerprint density at radius 2 is 2.22 bits per heavy atom. The predicted molar refractivity (Wildman–Crippen MR) is 81.9 cm³/mol. The number of carbonyl (C=O) groups excluding carboxylic acids is 1. The zero-order valence-corrected chi connectivity index (χ0v) is 12.6. The molecule has 1 aromatic carbocycles. The first-order valence-corrected chi connectivity index (χ1v) is 7.37. The number of ether oxygens (including phenoxy) is 1. The summed E-state index contributed by atoms with van der Waals surface area (Å²) in [5.74, 6) is -0.0171. The molecule has 0 spiro atoms. The van der Waals surface area contributed by atoms with Gasteiger partial charge in [0, 0.05) is 25.6 Å². The van der Waals surface area contributed by atoms with Crippen LogP contribution in [0.5, 0.6) is 0 Å². The normalized spacial score (nSPS) is 21.2. The highest BCUT2D eigenvalue weighted by atomic mass is 16.5. The van der Waals surface area contributed by atoms with Crippen LogP contribution in [0.3, 0.4) is 0 Å². The van der Waals surface area contributed by atoms with Gasteiger partial charge in [0.2, 0.25) is 0 Å². The second kappa shape index (κ2) is 5.47. The first-order chi connectivity index (χ1) is 11.3. The maximum Gasteiger partial charge on any atom is 0.256 e. The van der Waals surface area contributed by atoms with Gasteiger partial charge in [-0.25, -0.2) is 0 Å². The smallest absolute Gasteiger partial charge is 0.256 e. The molecule has 3 aromatic rings. The maximum absolute atomic E-state index is 12.9. The summed E-state index contributed by atoms with van der Waals surface area (Å²) < 4.78 is 5.54. The van der Waals surface area contributed by atoms with Crippen LogP contribution in [0.2, 0.25) is 0 Å². The number of methoxy groups -OCH3 is 1. The number of benzene rings is 1. The zero-order chi connectivity index (χ0) is 15.8. The molecular weight excluding hydrogens is 296 g/mol. The number of hydrogen-bond donors (Lipinski definition) is 2. The van der Waals surface area contributed by atoms with Gasteiger partial charge in [-0.1, -0.05) is 12.1 Å². The van der Waals surface area contributed by atoms with Crippen LogP contribution < -0.4 is 0 Å². The van der Waals surface area contributed by atoms with Crippen LogP contribution in [0.25, 0.3) is 10.9 Å². The molecule has 8 heteroatoms. The zero-order valence-electron chi connectivity index (χ0n) is 12.6. The van der Waals surface area contributed by atoms with Gasteiger partial charge in [0.05, 0.1) is 41.2 Å². The van der Waals surface area contributed by atoms with E-state index < -0.39 is 0 Å². The van der Waals surface area contributed by atoms with Crippen LogP contribution in [0.15, 0.2) is 30.6 Å². The molecule has 0 bridgehead atoms. The first-order valence-electron chi connectivity index (χ1n) is 7.37. The minimum Gasteiger partial charge on any atom is -0.379 e. The maximum atomic E-state index is 12.9. The molecule has 118 valence electrons. The van der Waals surface area contributed by atoms with Crippen LogP contribution in [0.4, 0.5) is 0 Å². The van der Waals surface area contributed by atoms with Gasteiger partial charge in [0.15, 0.2) is 0 Å². The lowest BCUT2D eigenvalue weighted by atomic mass is 10.0. The fourth-order valence-corrected chi connectivity index (χ4v) is 3.17. The Balaban J connectivity index is 1.63. The summed E-state index contributed by atoms with van der Waals surface area (Å²) in [6.07, 6.45) is 3.30. The Morgan fingerprint density at radius 1 is 1.30 bits per heavy atom. The molecule has 1 fully saturated rings. The Kier molecular flexibility index (Phi) is 3.30. The highest BCUT2D eigenvalue weighted by molar-refractivity contribution is 6.05. The highest BCUT2D eigenvalue weighted by Gasteiger charge is 2.38. The molecule has 1 aliphatic heterocycles. The van der Waals surface area contributed by atoms with Gasteiger partial charge in [0.1, 0.15) is 0 Å². The number of likely N-dealkylation sites (tertiary alicyclic amines) is 1. The molecular formula is C15H16N6O2. The molecule has 1 saturated heterocycles. The molecule has 1 aliphatic rings. The summed E-state index contributed by atoms with van der Waals surface area (Å²) in [5.41, 5.74) is 2.19. The Morgan fingerprint density at radius 3 is 3.00 bits per heavy atom. The van der Waals surface area contributed by atoms with Crippen molar-refractivity contribution >= 4 is 16.8 Å². The Bertz CT molecular complexity index is 827. The molecule has 2 aromatic heterocycles. The molecule has 0 unspecified atom stereocenters. The minimum atomic E-state index is -0.0926. The lowest BCUT2D eigenvalue weighted by Crippen LogP contribution is -2.30. The molecule has 4 rings (SSSR count). The summed E-state index contributed by atoms with van der Waals surface area (Å²) in [5, 5.41) is 18.4. The third kappa shape index (κ3) is 2.27. The summed E-state index contributed by atoms with van der Waals surface area (Å²) in [7, 11) is 1.65. The second-order valence-electron chi connectivity index (χ2n) is 5.63. The van der Waals surface area contributed by atoms with Crippen LogP contribution in [0, 0.1) is 0 Å². The fraction of sp³-hybridized carbons (Fsp3) is 0.333. The molecule has 3 heterocycles. The Hall–Kier alpha value is -2.74. The van der Waals surface area contributed by atoms with Crippen LogP contribution in [-0.2, 0) is 4.74 Å². The van der Waals surface area contributed by atoms with Crippen molar-refractivity contribution in [1.29, 1.82) is 0 Å². The van der Waals surface area contributed by atoms with E-state index in [4.69, 9.17) is 4.74 Å². The van der Waals surface area contributed by atoms with E-state index in [2.05, 4.69) is 25.6 Å². The summed E-state index contributed by atoms with van der Waals surface area (Å²) in [6, 6.07) is 5.61. The Labute approximate surface area is 131 Å². The summed E-state index contributed by atoms with van der Waals surface area (Å²) in [4.78, 5) is 14.7. The number of para-hydroxylation sites is 1. The number of hydrogen-bond acceptors (Lipinski definition) is 5. The van der Waals surface area contributed by atoms with Crippen molar-refractivity contribution in [3.05, 3.63) is 41.9 Å². The number of H-pyrrole nitrogens is 2. The van der Waals surface area contributed by atoms with Gasteiger partial charge in [-0.05, 0) is 6.07 Å². The van der Waals surface area contributed by atoms with Gasteiger partial charge >= 0.3 is 0 Å². The van der Waals surface area contributed by atoms with E-state index >= 15 is 0 Å². The average Bonchev–Trinajstić information content (AvgIpc) is 3.31. The molecule has 23 heavy (non-hydrogen) atoms. The predicted octanol–water partition coefficient (Wildman–Crippen LogP) is 0.936. The van der Waals surface area contributed by atoms with Crippen molar-refractivity contribution in [2.24, 2.45) is 0 Å². The van der Waals surface area contributed by atoms with Crippen LogP contribution in [-0.4, -0.2) is 62.7 Å². The summed E-state index contributed by atoms with van der Waals surface area (Å²) in [6.45, 7) is 1.08. The second-order valence-corrected chi connectivity index (χ2v) is 5.63. The number of carbonyl (C=O) groups is 1. The van der Waals surface area contributed by atoms with Gasteiger partial charge in [0.25, 0.3) is 5.91 Å². The van der Waals surface area contributed by atoms with E-state index in [0.717, 1.165) is 16.6 Å². The number of rotatable bonds is 3. The third-order valence-electron chi connectivity index (χ3n) is 4.38. The number of amides is 1. The lowest BCUT2D eigenvalue weighted by molar-refractivity contribution is 0.0715. The monoisotopic (exact) mass is 312 g/mol. The first kappa shape index (κ1) is 13.9. The molecule has 8 nitrogen and oxygen atoms in total. The van der Waals surface area contributed by atoms with E-state index in [1.165, 1.54) is 0 Å². The van der Waals surface area contributed by atoms with Gasteiger partial charge in [-0.2, -0.15) is 20.5 Å². The quantitative estimate of drug-likeness (QED) is 0.749. The van der Waals surface area contributed by atoms with Crippen molar-refractivity contribution in [2.75, 3.05) is 20.2 Å². The number of fused-ring (bicyclic) bond motifs is 1. The standard InChI is InChI=1S/C15H16N6O2/c1-23-13-8-21(7-11(13)12-6-17-20-18-12)15(22)10-4-2-3-9-5-16-19-14(9)10/h2-6,11,13H,7-8H2,1H3,(H,16,19)(H,17,18,20)/t11-,13+/m0/s1. The average molecular weight is 312 g/mol. The van der Waals surface area contributed by atoms with Crippen LogP contribution in [0.1, 0.15) is 22.0 Å². The van der Waals surface area contributed by atoms with Gasteiger partial charge in [-0.3, -0.25) is 9.89 Å². The molecule has 1 amide bonds. The third-order valence-corrected chi connectivity index (χ3v) is 4.38. The molecule has 0 saturated carbocycles. The number of aromatic nitrogens is 5. The van der Waals surface area contributed by atoms with E-state index in [-0.39, 0.29) is 17.9 Å². The van der Waals surface area contributed by atoms with Crippen molar-refractivity contribution < 1.29 is 9.53 Å². The molecule has 2 N–H and O–H groups in total. The number of aromatic amines is 2. The van der Waals surface area contributed by atoms with Crippen LogP contribution >= 0.6 is 0 Å². The lowest BCUT2D eigenvalue weighted by Gasteiger charge is -2.16. The SMILES string of the molecule is CO[C@@H]1CN(C(=O)c2cccc3cn[nH]c23)C[C@H]1c1cn[nH]n1. The topological polar surface area (TPSA) is 99.8 Å². The van der Waals surface area contributed by atoms with Crippen molar-refractivity contribution in [3.63, 3.8) is 0 Å². The highest BCUT2D eigenvalue weighted by Crippen LogP contribution is 2.29. The fourth-order valence-electron chi connectivity index (χ4n) is 3.17. The van der Waals surface area contributed by atoms with Crippen molar-refractivity contribution in [3.8, 4) is 0 Å². The number of nitrogens with zero attached hydrogens (tertiary/aromatic N) is 4. The van der Waals surface area contributed by atoms with Crippen molar-refractivity contribution in [1.82, 2.24) is 30.5 Å². The van der Waals surface area contributed by atoms with Gasteiger partial charge < -0.3 is 9.64 Å². The van der Waals surface area contributed by atoms with Gasteiger partial charge in [-0.15, -0.1) is 0 Å². The van der Waals surface area contributed by atoms with E-state index in [1.807, 2.05) is 18.2 Å². The minimum absolute atomic E-state index is 0.0173. The molecule has 0 aliphatic carbocycles. The van der Waals surface area contributed by atoms with E-state index in [9.17, 15) is 4.79 Å². The molecule has 2 atom stereocenters. The van der Waals surface area contributed by atoms with E-state index in [0.29, 0.717) is 18.7 Å². The largest absolute Gasteiger partial charge is 0.379 e. The van der Waals surface area contributed by atoms with Crippen molar-refractivity contribution in [2.45, 2.75) is 12.0 Å². The molecule has 0 radical (unpaired) electrons.